The van der Waals surface area contributed by atoms with Crippen LogP contribution in [0.5, 0.6) is 0 Å². The standard InChI is InChI=1S/C30H46O2/c1-19(2)20(3)8-9-21(4)26-12-13-27-25-11-10-23-18-24(32-22(5)31)14-16-29(23,6)28(25)15-17-30(26,27)7/h8-10,19-21,24,26-27H,11-18H2,1-7H3/b9-8-/t20-,21-,24+,26+,27-,29-,30+/m0/s1. The summed E-state index contributed by atoms with van der Waals surface area (Å²) in [4.78, 5) is 11.5. The number of esters is 1. The van der Waals surface area contributed by atoms with E-state index in [1.54, 1.807) is 23.6 Å². The minimum Gasteiger partial charge on any atom is -0.462 e. The van der Waals surface area contributed by atoms with Crippen LogP contribution >= 0.6 is 0 Å². The third-order valence-corrected chi connectivity index (χ3v) is 10.2. The summed E-state index contributed by atoms with van der Waals surface area (Å²) in [5.41, 5.74) is 5.77. The number of carbonyl (C=O) groups is 1. The number of fused-ring (bicyclic) bond motifs is 4. The molecule has 4 rings (SSSR count). The monoisotopic (exact) mass is 438 g/mol. The van der Waals surface area contributed by atoms with E-state index in [0.29, 0.717) is 23.2 Å². The predicted octanol–water partition coefficient (Wildman–Crippen LogP) is 8.05. The maximum absolute atomic E-state index is 11.5. The summed E-state index contributed by atoms with van der Waals surface area (Å²) in [7, 11) is 0. The van der Waals surface area contributed by atoms with Gasteiger partial charge in [-0.2, -0.15) is 0 Å². The van der Waals surface area contributed by atoms with Gasteiger partial charge < -0.3 is 4.74 Å². The molecule has 0 aromatic carbocycles. The lowest BCUT2D eigenvalue weighted by molar-refractivity contribution is -0.147. The Labute approximate surface area is 197 Å². The summed E-state index contributed by atoms with van der Waals surface area (Å²) in [5, 5.41) is 0. The van der Waals surface area contributed by atoms with E-state index in [-0.39, 0.29) is 17.5 Å². The lowest BCUT2D eigenvalue weighted by Gasteiger charge is -2.52. The Bertz CT molecular complexity index is 830. The molecule has 2 fully saturated rings. The van der Waals surface area contributed by atoms with Crippen LogP contribution in [-0.2, 0) is 9.53 Å². The molecule has 2 saturated carbocycles. The number of allylic oxidation sites excluding steroid dienone is 5. The fourth-order valence-corrected chi connectivity index (χ4v) is 7.83. The topological polar surface area (TPSA) is 26.3 Å². The molecular weight excluding hydrogens is 392 g/mol. The molecule has 4 aliphatic carbocycles. The van der Waals surface area contributed by atoms with E-state index in [0.717, 1.165) is 37.5 Å². The Morgan fingerprint density at radius 2 is 1.84 bits per heavy atom. The summed E-state index contributed by atoms with van der Waals surface area (Å²) in [6.45, 7) is 16.1. The first kappa shape index (κ1) is 23.8. The second-order valence-electron chi connectivity index (χ2n) is 12.3. The lowest BCUT2D eigenvalue weighted by atomic mass is 9.53. The molecular formula is C30H46O2. The molecule has 0 saturated heterocycles. The van der Waals surface area contributed by atoms with Crippen LogP contribution in [0.1, 0.15) is 99.8 Å². The highest BCUT2D eigenvalue weighted by molar-refractivity contribution is 5.66. The minimum atomic E-state index is -0.133. The molecule has 0 aromatic heterocycles. The first-order chi connectivity index (χ1) is 15.1. The van der Waals surface area contributed by atoms with E-state index >= 15 is 0 Å². The van der Waals surface area contributed by atoms with Crippen LogP contribution in [0.25, 0.3) is 0 Å². The summed E-state index contributed by atoms with van der Waals surface area (Å²) in [6.07, 6.45) is 17.2. The molecule has 2 heteroatoms. The smallest absolute Gasteiger partial charge is 0.302 e. The van der Waals surface area contributed by atoms with Gasteiger partial charge in [0.2, 0.25) is 0 Å². The van der Waals surface area contributed by atoms with Crippen LogP contribution in [-0.4, -0.2) is 12.1 Å². The van der Waals surface area contributed by atoms with Gasteiger partial charge in [-0.25, -0.2) is 0 Å². The zero-order valence-corrected chi connectivity index (χ0v) is 21.7. The molecule has 32 heavy (non-hydrogen) atoms. The molecule has 0 unspecified atom stereocenters. The van der Waals surface area contributed by atoms with Gasteiger partial charge in [0, 0.05) is 18.8 Å². The van der Waals surface area contributed by atoms with Crippen LogP contribution in [0.15, 0.2) is 34.9 Å². The van der Waals surface area contributed by atoms with Gasteiger partial charge >= 0.3 is 5.97 Å². The highest BCUT2D eigenvalue weighted by Gasteiger charge is 2.54. The normalized spacial score (nSPS) is 38.8. The predicted molar refractivity (Wildman–Crippen MR) is 133 cm³/mol. The molecule has 178 valence electrons. The van der Waals surface area contributed by atoms with Crippen LogP contribution in [0.4, 0.5) is 0 Å². The Morgan fingerprint density at radius 1 is 1.09 bits per heavy atom. The van der Waals surface area contributed by atoms with Crippen molar-refractivity contribution in [3.63, 3.8) is 0 Å². The highest BCUT2D eigenvalue weighted by atomic mass is 16.5. The molecule has 0 aromatic rings. The molecule has 0 bridgehead atoms. The van der Waals surface area contributed by atoms with Gasteiger partial charge in [0.15, 0.2) is 0 Å². The first-order valence-electron chi connectivity index (χ1n) is 13.3. The van der Waals surface area contributed by atoms with Crippen molar-refractivity contribution in [2.45, 2.75) is 106 Å². The third-order valence-electron chi connectivity index (χ3n) is 10.2. The molecule has 4 aliphatic rings. The van der Waals surface area contributed by atoms with Crippen molar-refractivity contribution in [3.8, 4) is 0 Å². The van der Waals surface area contributed by atoms with Crippen molar-refractivity contribution in [2.75, 3.05) is 0 Å². The van der Waals surface area contributed by atoms with Crippen LogP contribution in [0, 0.1) is 40.4 Å². The number of ether oxygens (including phenoxy) is 1. The Balaban J connectivity index is 1.53. The first-order valence-corrected chi connectivity index (χ1v) is 13.3. The molecule has 0 aliphatic heterocycles. The van der Waals surface area contributed by atoms with Gasteiger partial charge in [-0.05, 0) is 80.0 Å². The average Bonchev–Trinajstić information content (AvgIpc) is 3.08. The van der Waals surface area contributed by atoms with Gasteiger partial charge in [0.25, 0.3) is 0 Å². The van der Waals surface area contributed by atoms with Gasteiger partial charge in [-0.15, -0.1) is 0 Å². The summed E-state index contributed by atoms with van der Waals surface area (Å²) in [5.74, 6) is 3.47. The fourth-order valence-electron chi connectivity index (χ4n) is 7.83. The van der Waals surface area contributed by atoms with Crippen LogP contribution in [0.2, 0.25) is 0 Å². The molecule has 0 radical (unpaired) electrons. The van der Waals surface area contributed by atoms with Crippen molar-refractivity contribution in [3.05, 3.63) is 34.9 Å². The fraction of sp³-hybridized carbons (Fsp3) is 0.767. The van der Waals surface area contributed by atoms with E-state index < -0.39 is 0 Å². The van der Waals surface area contributed by atoms with E-state index in [1.165, 1.54) is 25.7 Å². The number of rotatable bonds is 5. The molecule has 0 amide bonds. The lowest BCUT2D eigenvalue weighted by Crippen LogP contribution is -2.42. The Morgan fingerprint density at radius 3 is 2.53 bits per heavy atom. The molecule has 0 spiro atoms. The molecule has 2 nitrogen and oxygen atoms in total. The summed E-state index contributed by atoms with van der Waals surface area (Å²) >= 11 is 0. The third kappa shape index (κ3) is 4.05. The van der Waals surface area contributed by atoms with Crippen molar-refractivity contribution in [2.24, 2.45) is 40.4 Å². The van der Waals surface area contributed by atoms with Crippen molar-refractivity contribution < 1.29 is 9.53 Å². The van der Waals surface area contributed by atoms with E-state index in [4.69, 9.17) is 4.74 Å². The average molecular weight is 439 g/mol. The highest BCUT2D eigenvalue weighted by Crippen LogP contribution is 2.64. The van der Waals surface area contributed by atoms with Crippen LogP contribution < -0.4 is 0 Å². The van der Waals surface area contributed by atoms with Gasteiger partial charge in [-0.1, -0.05) is 76.5 Å². The van der Waals surface area contributed by atoms with Crippen molar-refractivity contribution in [1.29, 1.82) is 0 Å². The largest absolute Gasteiger partial charge is 0.462 e. The number of hydrogen-bond acceptors (Lipinski definition) is 2. The maximum atomic E-state index is 11.5. The SMILES string of the molecule is CC(=O)O[C@@H]1CC[C@@]2(C)C(=CCC3=C2CC[C@]2(C)[C@@H]([C@@H](C)/C=C\[C@H](C)C(C)C)CC[C@@H]32)C1. The Kier molecular flexibility index (Phi) is 6.56. The number of carbonyl (C=O) groups excluding carboxylic acids is 1. The molecule has 0 N–H and O–H groups in total. The van der Waals surface area contributed by atoms with E-state index in [2.05, 4.69) is 59.8 Å². The quantitative estimate of drug-likeness (QED) is 0.320. The van der Waals surface area contributed by atoms with E-state index in [9.17, 15) is 4.79 Å². The summed E-state index contributed by atoms with van der Waals surface area (Å²) < 4.78 is 5.60. The zero-order chi connectivity index (χ0) is 23.3. The summed E-state index contributed by atoms with van der Waals surface area (Å²) in [6, 6.07) is 0. The van der Waals surface area contributed by atoms with Crippen molar-refractivity contribution in [1.82, 2.24) is 0 Å². The second kappa shape index (κ2) is 8.80. The zero-order valence-electron chi connectivity index (χ0n) is 21.7. The molecule has 7 atom stereocenters. The van der Waals surface area contributed by atoms with Gasteiger partial charge in [-0.3, -0.25) is 4.79 Å². The van der Waals surface area contributed by atoms with Crippen LogP contribution in [0.3, 0.4) is 0 Å². The van der Waals surface area contributed by atoms with Gasteiger partial charge in [0.05, 0.1) is 0 Å². The van der Waals surface area contributed by atoms with Crippen molar-refractivity contribution >= 4 is 5.97 Å². The second-order valence-corrected chi connectivity index (χ2v) is 12.3. The molecule has 0 heterocycles. The number of hydrogen-bond donors (Lipinski definition) is 0. The minimum absolute atomic E-state index is 0.0829. The Hall–Kier alpha value is -1.31. The van der Waals surface area contributed by atoms with Gasteiger partial charge in [0.1, 0.15) is 6.10 Å². The maximum Gasteiger partial charge on any atom is 0.302 e. The van der Waals surface area contributed by atoms with E-state index in [1.807, 2.05) is 0 Å².